The summed E-state index contributed by atoms with van der Waals surface area (Å²) in [5.41, 5.74) is 3.15. The molecule has 0 radical (unpaired) electrons. The topological polar surface area (TPSA) is 104 Å². The number of sulfone groups is 1. The highest BCUT2D eigenvalue weighted by atomic mass is 32.2. The smallest absolute Gasteiger partial charge is 0.160 e. The average Bonchev–Trinajstić information content (AvgIpc) is 3.28. The van der Waals surface area contributed by atoms with E-state index in [9.17, 15) is 22.3 Å². The molecular weight excluding hydrogens is 482 g/mol. The minimum absolute atomic E-state index is 0.000791. The van der Waals surface area contributed by atoms with Crippen molar-refractivity contribution in [2.24, 2.45) is 0 Å². The summed E-state index contributed by atoms with van der Waals surface area (Å²) in [7, 11) is -3.29. The van der Waals surface area contributed by atoms with Crippen molar-refractivity contribution in [1.82, 2.24) is 14.1 Å². The zero-order chi connectivity index (χ0) is 24.3. The first-order valence-corrected chi connectivity index (χ1v) is 13.5. The molecule has 0 saturated carbocycles. The first-order chi connectivity index (χ1) is 16.2. The van der Waals surface area contributed by atoms with Crippen LogP contribution in [0.25, 0.3) is 0 Å². The second-order valence-corrected chi connectivity index (χ2v) is 11.2. The van der Waals surface area contributed by atoms with E-state index in [0.29, 0.717) is 11.4 Å². The molecule has 11 heteroatoms. The van der Waals surface area contributed by atoms with E-state index in [-0.39, 0.29) is 24.5 Å². The van der Waals surface area contributed by atoms with Crippen LogP contribution in [0.3, 0.4) is 0 Å². The Morgan fingerprint density at radius 3 is 2.62 bits per heavy atom. The van der Waals surface area contributed by atoms with Gasteiger partial charge in [-0.15, -0.1) is 0 Å². The second-order valence-electron chi connectivity index (χ2n) is 8.49. The fourth-order valence-corrected chi connectivity index (χ4v) is 6.26. The van der Waals surface area contributed by atoms with Crippen LogP contribution in [0.1, 0.15) is 35.2 Å². The molecule has 4 rings (SSSR count). The summed E-state index contributed by atoms with van der Waals surface area (Å²) in [6.07, 6.45) is 1.43. The lowest BCUT2D eigenvalue weighted by molar-refractivity contribution is 0.145. The van der Waals surface area contributed by atoms with Crippen LogP contribution in [0.5, 0.6) is 0 Å². The number of benzene rings is 2. The number of hydrogen-bond donors (Lipinski definition) is 3. The molecule has 3 aromatic rings. The third-order valence-electron chi connectivity index (χ3n) is 5.90. The molecule has 3 atom stereocenters. The molecule has 1 aliphatic heterocycles. The Labute approximate surface area is 201 Å². The van der Waals surface area contributed by atoms with Gasteiger partial charge in [0.05, 0.1) is 41.6 Å². The van der Waals surface area contributed by atoms with Crippen molar-refractivity contribution in [3.05, 3.63) is 76.5 Å². The van der Waals surface area contributed by atoms with E-state index < -0.39 is 39.7 Å². The lowest BCUT2D eigenvalue weighted by Gasteiger charge is -2.30. The van der Waals surface area contributed by atoms with Crippen LogP contribution in [0.2, 0.25) is 0 Å². The van der Waals surface area contributed by atoms with Crippen molar-refractivity contribution in [2.45, 2.75) is 43.7 Å². The van der Waals surface area contributed by atoms with E-state index in [1.807, 2.05) is 25.1 Å². The van der Waals surface area contributed by atoms with Gasteiger partial charge in [0, 0.05) is 18.7 Å². The first kappa shape index (κ1) is 24.6. The number of halogens is 2. The molecule has 3 N–H and O–H groups in total. The molecule has 0 saturated heterocycles. The first-order valence-electron chi connectivity index (χ1n) is 10.9. The number of nitrogens with one attached hydrogen (secondary N) is 2. The van der Waals surface area contributed by atoms with Crippen LogP contribution < -0.4 is 10.6 Å². The number of hydrogen-bond acceptors (Lipinski definition) is 8. The van der Waals surface area contributed by atoms with E-state index in [1.165, 1.54) is 18.3 Å². The highest BCUT2D eigenvalue weighted by Crippen LogP contribution is 2.29. The van der Waals surface area contributed by atoms with Crippen LogP contribution in [0, 0.1) is 11.6 Å². The maximum Gasteiger partial charge on any atom is 0.160 e. The van der Waals surface area contributed by atoms with Gasteiger partial charge in [-0.25, -0.2) is 17.2 Å². The van der Waals surface area contributed by atoms with Gasteiger partial charge in [-0.2, -0.15) is 8.75 Å². The molecular formula is C23H26F2N4O3S2. The van der Waals surface area contributed by atoms with E-state index >= 15 is 0 Å². The molecule has 0 aliphatic carbocycles. The fourth-order valence-electron chi connectivity index (χ4n) is 4.22. The molecule has 0 fully saturated rings. The molecule has 3 unspecified atom stereocenters. The number of rotatable bonds is 9. The van der Waals surface area contributed by atoms with Gasteiger partial charge in [-0.1, -0.05) is 25.1 Å². The summed E-state index contributed by atoms with van der Waals surface area (Å²) in [6, 6.07) is 7.91. The molecule has 0 amide bonds. The number of aliphatic hydroxyl groups is 1. The molecule has 182 valence electrons. The van der Waals surface area contributed by atoms with Gasteiger partial charge in [0.15, 0.2) is 15.7 Å². The van der Waals surface area contributed by atoms with E-state index in [2.05, 4.69) is 19.4 Å². The zero-order valence-corrected chi connectivity index (χ0v) is 20.2. The van der Waals surface area contributed by atoms with E-state index in [4.69, 9.17) is 0 Å². The monoisotopic (exact) mass is 508 g/mol. The van der Waals surface area contributed by atoms with Crippen LogP contribution in [0.15, 0.2) is 42.6 Å². The highest BCUT2D eigenvalue weighted by molar-refractivity contribution is 7.90. The van der Waals surface area contributed by atoms with Crippen molar-refractivity contribution >= 4 is 27.4 Å². The van der Waals surface area contributed by atoms with E-state index in [1.54, 1.807) is 0 Å². The predicted octanol–water partition coefficient (Wildman–Crippen LogP) is 3.02. The molecule has 1 aromatic heterocycles. The van der Waals surface area contributed by atoms with Gasteiger partial charge in [-0.3, -0.25) is 0 Å². The minimum Gasteiger partial charge on any atom is -0.390 e. The standard InChI is InChI=1S/C23H26F2N4O3S2/c1-2-14-3-4-16-12-34(31,32)13-21(19(16)7-14)26-10-22(30)20(28-23-11-27-33-29-23)8-15-5-17(24)9-18(25)6-15/h3-7,9,11,20-22,26,30H,2,8,10,12-13H2,1H3,(H,28,29). The number of fused-ring (bicyclic) bond motifs is 1. The molecule has 2 aromatic carbocycles. The molecule has 1 aliphatic rings. The summed E-state index contributed by atoms with van der Waals surface area (Å²) < 4.78 is 60.4. The summed E-state index contributed by atoms with van der Waals surface area (Å²) in [6.45, 7) is 2.09. The predicted molar refractivity (Wildman–Crippen MR) is 127 cm³/mol. The second kappa shape index (κ2) is 10.4. The molecule has 0 spiro atoms. The Morgan fingerprint density at radius 2 is 1.94 bits per heavy atom. The van der Waals surface area contributed by atoms with Crippen molar-refractivity contribution < 1.29 is 22.3 Å². The minimum atomic E-state index is -3.29. The third-order valence-corrected chi connectivity index (χ3v) is 7.97. The Morgan fingerprint density at radius 1 is 1.18 bits per heavy atom. The van der Waals surface area contributed by atoms with Gasteiger partial charge in [-0.05, 0) is 47.2 Å². The lowest BCUT2D eigenvalue weighted by atomic mass is 9.97. The van der Waals surface area contributed by atoms with Crippen LogP contribution in [-0.2, 0) is 28.4 Å². The summed E-state index contributed by atoms with van der Waals surface area (Å²) in [5.74, 6) is -1.04. The maximum atomic E-state index is 13.7. The molecule has 34 heavy (non-hydrogen) atoms. The van der Waals surface area contributed by atoms with Crippen molar-refractivity contribution in [2.75, 3.05) is 17.6 Å². The Kier molecular flexibility index (Phi) is 7.56. The number of nitrogens with zero attached hydrogens (tertiary/aromatic N) is 2. The van der Waals surface area contributed by atoms with Crippen molar-refractivity contribution in [1.29, 1.82) is 0 Å². The average molecular weight is 509 g/mol. The van der Waals surface area contributed by atoms with Gasteiger partial charge in [0.2, 0.25) is 0 Å². The number of anilines is 1. The molecule has 2 heterocycles. The number of aryl methyl sites for hydroxylation is 1. The SMILES string of the molecule is CCc1ccc2c(c1)C(NCC(O)C(Cc1cc(F)cc(F)c1)Nc1cnsn1)CS(=O)(=O)C2. The van der Waals surface area contributed by atoms with Gasteiger partial charge in [0.1, 0.15) is 11.6 Å². The summed E-state index contributed by atoms with van der Waals surface area (Å²) >= 11 is 0.990. The van der Waals surface area contributed by atoms with Gasteiger partial charge in [0.25, 0.3) is 0 Å². The lowest BCUT2D eigenvalue weighted by Crippen LogP contribution is -2.45. The number of aromatic nitrogens is 2. The zero-order valence-electron chi connectivity index (χ0n) is 18.5. The summed E-state index contributed by atoms with van der Waals surface area (Å²) in [5, 5.41) is 17.3. The molecule has 0 bridgehead atoms. The fraction of sp³-hybridized carbons (Fsp3) is 0.391. The van der Waals surface area contributed by atoms with E-state index in [0.717, 1.165) is 40.9 Å². The molecule has 7 nitrogen and oxygen atoms in total. The maximum absolute atomic E-state index is 13.7. The largest absolute Gasteiger partial charge is 0.390 e. The van der Waals surface area contributed by atoms with Gasteiger partial charge < -0.3 is 15.7 Å². The van der Waals surface area contributed by atoms with Crippen LogP contribution in [-0.4, -0.2) is 46.7 Å². The normalized spacial score (nSPS) is 18.8. The van der Waals surface area contributed by atoms with Crippen LogP contribution >= 0.6 is 11.7 Å². The Hall–Kier alpha value is -2.47. The Bertz CT molecular complexity index is 1220. The Balaban J connectivity index is 1.52. The van der Waals surface area contributed by atoms with Crippen molar-refractivity contribution in [3.8, 4) is 0 Å². The van der Waals surface area contributed by atoms with Crippen molar-refractivity contribution in [3.63, 3.8) is 0 Å². The summed E-state index contributed by atoms with van der Waals surface area (Å²) in [4.78, 5) is 0. The van der Waals surface area contributed by atoms with Crippen LogP contribution in [0.4, 0.5) is 14.6 Å². The highest BCUT2D eigenvalue weighted by Gasteiger charge is 2.31. The third kappa shape index (κ3) is 6.15. The number of aliphatic hydroxyl groups excluding tert-OH is 1. The van der Waals surface area contributed by atoms with Gasteiger partial charge >= 0.3 is 0 Å². The quantitative estimate of drug-likeness (QED) is 0.408.